The van der Waals surface area contributed by atoms with E-state index in [-0.39, 0.29) is 5.69 Å². The van der Waals surface area contributed by atoms with Crippen LogP contribution in [0.3, 0.4) is 0 Å². The predicted molar refractivity (Wildman–Crippen MR) is 74.7 cm³/mol. The van der Waals surface area contributed by atoms with E-state index in [1.54, 1.807) is 6.07 Å². The van der Waals surface area contributed by atoms with E-state index >= 15 is 0 Å². The summed E-state index contributed by atoms with van der Waals surface area (Å²) in [5.41, 5.74) is 3.85. The molecular weight excluding hydrogens is 244 g/mol. The van der Waals surface area contributed by atoms with Gasteiger partial charge >= 0.3 is 0 Å². The molecule has 0 aromatic heterocycles. The van der Waals surface area contributed by atoms with Gasteiger partial charge in [0.1, 0.15) is 5.69 Å². The van der Waals surface area contributed by atoms with Crippen molar-refractivity contribution in [3.8, 4) is 0 Å². The molecule has 2 rings (SSSR count). The Kier molecular flexibility index (Phi) is 4.70. The van der Waals surface area contributed by atoms with Gasteiger partial charge in [-0.25, -0.2) is 0 Å². The third kappa shape index (κ3) is 3.65. The zero-order valence-electron chi connectivity index (χ0n) is 11.0. The fraction of sp³-hybridized carbons (Fsp3) is 0.538. The first-order valence-electron chi connectivity index (χ1n) is 6.67. The van der Waals surface area contributed by atoms with E-state index in [1.807, 2.05) is 6.07 Å². The quantitative estimate of drug-likeness (QED) is 0.495. The number of hydrogen-bond donors (Lipinski definition) is 2. The van der Waals surface area contributed by atoms with Gasteiger partial charge in [-0.05, 0) is 37.6 Å². The Morgan fingerprint density at radius 2 is 1.95 bits per heavy atom. The van der Waals surface area contributed by atoms with Gasteiger partial charge in [-0.2, -0.15) is 0 Å². The van der Waals surface area contributed by atoms with Crippen molar-refractivity contribution in [2.75, 3.05) is 18.5 Å². The van der Waals surface area contributed by atoms with Crippen LogP contribution in [0.2, 0.25) is 0 Å². The molecule has 1 aromatic carbocycles. The number of hydrazine groups is 1. The molecule has 0 spiro atoms. The predicted octanol–water partition coefficient (Wildman–Crippen LogP) is 2.26. The molecule has 1 aliphatic heterocycles. The highest BCUT2D eigenvalue weighted by molar-refractivity contribution is 5.62. The largest absolute Gasteiger partial charge is 0.318 e. The molecule has 3 N–H and O–H groups in total. The summed E-state index contributed by atoms with van der Waals surface area (Å²) in [4.78, 5) is 12.8. The van der Waals surface area contributed by atoms with Crippen LogP contribution in [0.25, 0.3) is 0 Å². The van der Waals surface area contributed by atoms with Crippen molar-refractivity contribution < 1.29 is 4.92 Å². The third-order valence-electron chi connectivity index (χ3n) is 3.52. The molecule has 6 nitrogen and oxygen atoms in total. The Hall–Kier alpha value is -1.66. The average molecular weight is 264 g/mol. The minimum atomic E-state index is -0.426. The summed E-state index contributed by atoms with van der Waals surface area (Å²) in [7, 11) is 0. The monoisotopic (exact) mass is 264 g/mol. The van der Waals surface area contributed by atoms with Crippen molar-refractivity contribution in [1.82, 2.24) is 4.90 Å². The molecule has 19 heavy (non-hydrogen) atoms. The number of hydrogen-bond acceptors (Lipinski definition) is 5. The number of rotatable bonds is 4. The standard InChI is InChI=1S/C13H20N4O2/c14-15-12-9-11(5-6-13(12)17(18)19)10-16-7-3-1-2-4-8-16/h5-6,9,15H,1-4,7-8,10,14H2. The summed E-state index contributed by atoms with van der Waals surface area (Å²) in [6.45, 7) is 3.03. The molecule has 0 aliphatic carbocycles. The van der Waals surface area contributed by atoms with Crippen LogP contribution in [0, 0.1) is 10.1 Å². The smallest absolute Gasteiger partial charge is 0.293 e. The molecule has 0 saturated carbocycles. The van der Waals surface area contributed by atoms with Crippen LogP contribution < -0.4 is 11.3 Å². The summed E-state index contributed by atoms with van der Waals surface area (Å²) in [5, 5.41) is 10.8. The molecule has 1 fully saturated rings. The summed E-state index contributed by atoms with van der Waals surface area (Å²) >= 11 is 0. The number of nitrogens with one attached hydrogen (secondary N) is 1. The number of nitrogens with two attached hydrogens (primary N) is 1. The maximum Gasteiger partial charge on any atom is 0.293 e. The van der Waals surface area contributed by atoms with Crippen LogP contribution in [0.1, 0.15) is 31.2 Å². The lowest BCUT2D eigenvalue weighted by molar-refractivity contribution is -0.384. The highest BCUT2D eigenvalue weighted by Crippen LogP contribution is 2.25. The lowest BCUT2D eigenvalue weighted by atomic mass is 10.1. The highest BCUT2D eigenvalue weighted by atomic mass is 16.6. The summed E-state index contributed by atoms with van der Waals surface area (Å²) in [5.74, 6) is 5.35. The lowest BCUT2D eigenvalue weighted by Crippen LogP contribution is -2.24. The molecule has 1 aliphatic rings. The topological polar surface area (TPSA) is 84.4 Å². The molecule has 6 heteroatoms. The number of nitro benzene ring substituents is 1. The Labute approximate surface area is 112 Å². The molecule has 0 amide bonds. The Balaban J connectivity index is 2.09. The zero-order chi connectivity index (χ0) is 13.7. The Morgan fingerprint density at radius 3 is 2.53 bits per heavy atom. The SMILES string of the molecule is NNc1cc(CN2CCCCCC2)ccc1[N+](=O)[O-]. The summed E-state index contributed by atoms with van der Waals surface area (Å²) < 4.78 is 0. The Bertz CT molecular complexity index is 442. The van der Waals surface area contributed by atoms with E-state index in [2.05, 4.69) is 10.3 Å². The first kappa shape index (κ1) is 13.8. The number of benzene rings is 1. The van der Waals surface area contributed by atoms with E-state index in [0.29, 0.717) is 5.69 Å². The maximum atomic E-state index is 10.8. The number of likely N-dealkylation sites (tertiary alicyclic amines) is 1. The summed E-state index contributed by atoms with van der Waals surface area (Å²) in [6.07, 6.45) is 5.06. The van der Waals surface area contributed by atoms with Crippen molar-refractivity contribution in [2.45, 2.75) is 32.2 Å². The zero-order valence-corrected chi connectivity index (χ0v) is 11.0. The maximum absolute atomic E-state index is 10.8. The first-order valence-corrected chi connectivity index (χ1v) is 6.67. The van der Waals surface area contributed by atoms with Gasteiger partial charge in [0, 0.05) is 12.6 Å². The van der Waals surface area contributed by atoms with Crippen molar-refractivity contribution in [1.29, 1.82) is 0 Å². The molecule has 0 bridgehead atoms. The average Bonchev–Trinajstić information content (AvgIpc) is 2.67. The minimum absolute atomic E-state index is 0.0158. The minimum Gasteiger partial charge on any atom is -0.318 e. The van der Waals surface area contributed by atoms with Crippen LogP contribution in [-0.2, 0) is 6.54 Å². The van der Waals surface area contributed by atoms with Gasteiger partial charge in [-0.3, -0.25) is 20.9 Å². The van der Waals surface area contributed by atoms with Crippen LogP contribution in [0.5, 0.6) is 0 Å². The van der Waals surface area contributed by atoms with Crippen molar-refractivity contribution >= 4 is 11.4 Å². The van der Waals surface area contributed by atoms with Crippen LogP contribution >= 0.6 is 0 Å². The van der Waals surface area contributed by atoms with E-state index in [0.717, 1.165) is 25.2 Å². The molecule has 104 valence electrons. The normalized spacial score (nSPS) is 16.9. The first-order chi connectivity index (χ1) is 9.20. The second kappa shape index (κ2) is 6.49. The van der Waals surface area contributed by atoms with Gasteiger partial charge in [0.15, 0.2) is 0 Å². The van der Waals surface area contributed by atoms with Crippen LogP contribution in [0.4, 0.5) is 11.4 Å². The van der Waals surface area contributed by atoms with Gasteiger partial charge < -0.3 is 5.43 Å². The number of anilines is 1. The fourth-order valence-corrected chi connectivity index (χ4v) is 2.51. The van der Waals surface area contributed by atoms with Crippen molar-refractivity contribution in [3.63, 3.8) is 0 Å². The molecule has 0 atom stereocenters. The van der Waals surface area contributed by atoms with Crippen molar-refractivity contribution in [3.05, 3.63) is 33.9 Å². The van der Waals surface area contributed by atoms with Crippen molar-refractivity contribution in [2.24, 2.45) is 5.84 Å². The number of nitro groups is 1. The van der Waals surface area contributed by atoms with Gasteiger partial charge in [0.25, 0.3) is 5.69 Å². The van der Waals surface area contributed by atoms with Crippen LogP contribution in [-0.4, -0.2) is 22.9 Å². The number of nitrogen functional groups attached to an aromatic ring is 1. The molecule has 0 radical (unpaired) electrons. The number of nitrogens with zero attached hydrogens (tertiary/aromatic N) is 2. The third-order valence-corrected chi connectivity index (χ3v) is 3.52. The molecule has 0 unspecified atom stereocenters. The second-order valence-electron chi connectivity index (χ2n) is 4.94. The van der Waals surface area contributed by atoms with Gasteiger partial charge in [-0.15, -0.1) is 0 Å². The lowest BCUT2D eigenvalue weighted by Gasteiger charge is -2.20. The molecule has 1 saturated heterocycles. The van der Waals surface area contributed by atoms with E-state index < -0.39 is 4.92 Å². The molecule has 1 aromatic rings. The second-order valence-corrected chi connectivity index (χ2v) is 4.94. The fourth-order valence-electron chi connectivity index (χ4n) is 2.51. The highest BCUT2D eigenvalue weighted by Gasteiger charge is 2.15. The molecular formula is C13H20N4O2. The van der Waals surface area contributed by atoms with Gasteiger partial charge in [0.2, 0.25) is 0 Å². The van der Waals surface area contributed by atoms with E-state index in [9.17, 15) is 10.1 Å². The van der Waals surface area contributed by atoms with E-state index in [4.69, 9.17) is 5.84 Å². The molecule has 1 heterocycles. The van der Waals surface area contributed by atoms with E-state index in [1.165, 1.54) is 31.7 Å². The summed E-state index contributed by atoms with van der Waals surface area (Å²) in [6, 6.07) is 5.09. The van der Waals surface area contributed by atoms with Gasteiger partial charge in [0.05, 0.1) is 4.92 Å². The van der Waals surface area contributed by atoms with Crippen LogP contribution in [0.15, 0.2) is 18.2 Å². The Morgan fingerprint density at radius 1 is 1.26 bits per heavy atom. The van der Waals surface area contributed by atoms with Gasteiger partial charge in [-0.1, -0.05) is 18.9 Å².